The van der Waals surface area contributed by atoms with Crippen LogP contribution in [0.5, 0.6) is 0 Å². The van der Waals surface area contributed by atoms with E-state index in [1.54, 1.807) is 12.4 Å². The molecule has 0 saturated carbocycles. The Morgan fingerprint density at radius 2 is 1.59 bits per heavy atom. The van der Waals surface area contributed by atoms with Gasteiger partial charge in [0.25, 0.3) is 0 Å². The average molecular weight is 247 g/mol. The van der Waals surface area contributed by atoms with Gasteiger partial charge in [0.05, 0.1) is 0 Å². The summed E-state index contributed by atoms with van der Waals surface area (Å²) in [6.45, 7) is 6.98. The van der Waals surface area contributed by atoms with Crippen LogP contribution in [0.3, 0.4) is 0 Å². The third-order valence-corrected chi connectivity index (χ3v) is 2.35. The van der Waals surface area contributed by atoms with Gasteiger partial charge in [-0.1, -0.05) is 20.8 Å². The second-order valence-electron chi connectivity index (χ2n) is 4.95. The van der Waals surface area contributed by atoms with Crippen LogP contribution in [0.2, 0.25) is 0 Å². The first-order valence-corrected chi connectivity index (χ1v) is 5.26. The first kappa shape index (κ1) is 13.7. The molecule has 1 unspecified atom stereocenters. The standard InChI is InChI=1S/C11H16F3N3/c1-7(11(12,13)14)17-9-15-5-8(6-16-9)10(2,3)4/h5-7H,1-4H3,(H,15,16,17). The van der Waals surface area contributed by atoms with E-state index < -0.39 is 12.2 Å². The summed E-state index contributed by atoms with van der Waals surface area (Å²) in [4.78, 5) is 7.75. The van der Waals surface area contributed by atoms with Gasteiger partial charge in [0, 0.05) is 12.4 Å². The van der Waals surface area contributed by atoms with Crippen LogP contribution in [0.15, 0.2) is 12.4 Å². The van der Waals surface area contributed by atoms with Crippen LogP contribution in [0.4, 0.5) is 19.1 Å². The number of hydrogen-bond acceptors (Lipinski definition) is 3. The minimum Gasteiger partial charge on any atom is -0.343 e. The van der Waals surface area contributed by atoms with Crippen molar-refractivity contribution in [3.05, 3.63) is 18.0 Å². The number of hydrogen-bond donors (Lipinski definition) is 1. The van der Waals surface area contributed by atoms with Crippen LogP contribution in [-0.4, -0.2) is 22.2 Å². The zero-order valence-corrected chi connectivity index (χ0v) is 10.3. The summed E-state index contributed by atoms with van der Waals surface area (Å²) in [5, 5.41) is 2.21. The largest absolute Gasteiger partial charge is 0.408 e. The maximum absolute atomic E-state index is 12.3. The Kier molecular flexibility index (Phi) is 3.64. The lowest BCUT2D eigenvalue weighted by Gasteiger charge is -2.19. The van der Waals surface area contributed by atoms with Gasteiger partial charge in [-0.25, -0.2) is 9.97 Å². The molecule has 0 amide bonds. The Bertz CT molecular complexity index is 365. The monoisotopic (exact) mass is 247 g/mol. The van der Waals surface area contributed by atoms with Crippen molar-refractivity contribution >= 4 is 5.95 Å². The molecule has 0 spiro atoms. The molecule has 0 aliphatic carbocycles. The van der Waals surface area contributed by atoms with Gasteiger partial charge < -0.3 is 5.32 Å². The molecular weight excluding hydrogens is 231 g/mol. The summed E-state index contributed by atoms with van der Waals surface area (Å²) >= 11 is 0. The Hall–Kier alpha value is -1.33. The summed E-state index contributed by atoms with van der Waals surface area (Å²) in [6, 6.07) is -1.66. The van der Waals surface area contributed by atoms with E-state index in [4.69, 9.17) is 0 Å². The second-order valence-corrected chi connectivity index (χ2v) is 4.95. The summed E-state index contributed by atoms with van der Waals surface area (Å²) in [6.07, 6.45) is -1.22. The zero-order chi connectivity index (χ0) is 13.3. The number of halogens is 3. The summed E-state index contributed by atoms with van der Waals surface area (Å²) < 4.78 is 36.9. The fourth-order valence-electron chi connectivity index (χ4n) is 1.07. The normalized spacial score (nSPS) is 14.5. The van der Waals surface area contributed by atoms with Crippen molar-refractivity contribution in [2.24, 2.45) is 0 Å². The van der Waals surface area contributed by atoms with Crippen LogP contribution < -0.4 is 5.32 Å². The van der Waals surface area contributed by atoms with E-state index in [0.717, 1.165) is 12.5 Å². The first-order chi connectivity index (χ1) is 7.60. The van der Waals surface area contributed by atoms with Crippen molar-refractivity contribution in [2.45, 2.75) is 45.3 Å². The summed E-state index contributed by atoms with van der Waals surface area (Å²) in [5.74, 6) is -0.0113. The summed E-state index contributed by atoms with van der Waals surface area (Å²) in [5.41, 5.74) is 0.761. The van der Waals surface area contributed by atoms with Crippen LogP contribution in [0.25, 0.3) is 0 Å². The first-order valence-electron chi connectivity index (χ1n) is 5.26. The number of alkyl halides is 3. The Balaban J connectivity index is 2.76. The van der Waals surface area contributed by atoms with Crippen LogP contribution in [-0.2, 0) is 5.41 Å². The van der Waals surface area contributed by atoms with Gasteiger partial charge in [0.15, 0.2) is 0 Å². The molecule has 1 rings (SSSR count). The minimum atomic E-state index is -4.30. The number of anilines is 1. The number of nitrogens with one attached hydrogen (secondary N) is 1. The summed E-state index contributed by atoms with van der Waals surface area (Å²) in [7, 11) is 0. The van der Waals surface area contributed by atoms with Gasteiger partial charge in [-0.3, -0.25) is 0 Å². The van der Waals surface area contributed by atoms with Crippen LogP contribution in [0, 0.1) is 0 Å². The average Bonchev–Trinajstić information content (AvgIpc) is 2.15. The Morgan fingerprint density at radius 3 is 1.94 bits per heavy atom. The molecule has 1 heterocycles. The maximum atomic E-state index is 12.3. The molecule has 17 heavy (non-hydrogen) atoms. The van der Waals surface area contributed by atoms with E-state index in [2.05, 4.69) is 15.3 Å². The number of nitrogens with zero attached hydrogens (tertiary/aromatic N) is 2. The van der Waals surface area contributed by atoms with Gasteiger partial charge in [-0.05, 0) is 17.9 Å². The van der Waals surface area contributed by atoms with Crippen molar-refractivity contribution in [3.63, 3.8) is 0 Å². The van der Waals surface area contributed by atoms with E-state index in [-0.39, 0.29) is 11.4 Å². The maximum Gasteiger partial charge on any atom is 0.408 e. The molecule has 1 atom stereocenters. The van der Waals surface area contributed by atoms with E-state index in [9.17, 15) is 13.2 Å². The smallest absolute Gasteiger partial charge is 0.343 e. The predicted octanol–water partition coefficient (Wildman–Crippen LogP) is 3.14. The van der Waals surface area contributed by atoms with Crippen molar-refractivity contribution in [2.75, 3.05) is 5.32 Å². The zero-order valence-electron chi connectivity index (χ0n) is 10.3. The molecule has 0 fully saturated rings. The molecule has 0 radical (unpaired) electrons. The van der Waals surface area contributed by atoms with Crippen molar-refractivity contribution in [1.29, 1.82) is 0 Å². The van der Waals surface area contributed by atoms with Crippen molar-refractivity contribution in [1.82, 2.24) is 9.97 Å². The number of aromatic nitrogens is 2. The molecule has 1 aromatic rings. The number of rotatable bonds is 2. The highest BCUT2D eigenvalue weighted by molar-refractivity contribution is 5.28. The fraction of sp³-hybridized carbons (Fsp3) is 0.636. The quantitative estimate of drug-likeness (QED) is 0.872. The van der Waals surface area contributed by atoms with Gasteiger partial charge in [-0.2, -0.15) is 13.2 Å². The third kappa shape index (κ3) is 3.87. The van der Waals surface area contributed by atoms with Gasteiger partial charge in [-0.15, -0.1) is 0 Å². The Morgan fingerprint density at radius 1 is 1.12 bits per heavy atom. The fourth-order valence-corrected chi connectivity index (χ4v) is 1.07. The van der Waals surface area contributed by atoms with Crippen molar-refractivity contribution in [3.8, 4) is 0 Å². The molecular formula is C11H16F3N3. The lowest BCUT2D eigenvalue weighted by molar-refractivity contribution is -0.138. The van der Waals surface area contributed by atoms with Crippen LogP contribution in [0.1, 0.15) is 33.3 Å². The van der Waals surface area contributed by atoms with Gasteiger partial charge in [0.2, 0.25) is 5.95 Å². The molecule has 0 aliphatic rings. The van der Waals surface area contributed by atoms with Gasteiger partial charge >= 0.3 is 6.18 Å². The predicted molar refractivity (Wildman–Crippen MR) is 59.9 cm³/mol. The van der Waals surface area contributed by atoms with E-state index in [1.165, 1.54) is 0 Å². The van der Waals surface area contributed by atoms with Crippen molar-refractivity contribution < 1.29 is 13.2 Å². The SMILES string of the molecule is CC(Nc1ncc(C(C)(C)C)cn1)C(F)(F)F. The topological polar surface area (TPSA) is 37.8 Å². The molecule has 96 valence electrons. The molecule has 0 saturated heterocycles. The molecule has 3 nitrogen and oxygen atoms in total. The van der Waals surface area contributed by atoms with Gasteiger partial charge in [0.1, 0.15) is 6.04 Å². The van der Waals surface area contributed by atoms with Crippen LogP contribution >= 0.6 is 0 Å². The van der Waals surface area contributed by atoms with E-state index >= 15 is 0 Å². The highest BCUT2D eigenvalue weighted by atomic mass is 19.4. The highest BCUT2D eigenvalue weighted by Gasteiger charge is 2.36. The third-order valence-electron chi connectivity index (χ3n) is 2.35. The minimum absolute atomic E-state index is 0.0113. The lowest BCUT2D eigenvalue weighted by Crippen LogP contribution is -2.33. The second kappa shape index (κ2) is 4.50. The molecule has 0 aliphatic heterocycles. The Labute approximate surface area is 98.5 Å². The molecule has 6 heteroatoms. The van der Waals surface area contributed by atoms with E-state index in [0.29, 0.717) is 0 Å². The highest BCUT2D eigenvalue weighted by Crippen LogP contribution is 2.23. The lowest BCUT2D eigenvalue weighted by atomic mass is 9.89. The molecule has 1 aromatic heterocycles. The molecule has 0 aromatic carbocycles. The molecule has 0 bridgehead atoms. The molecule has 1 N–H and O–H groups in total. The van der Waals surface area contributed by atoms with E-state index in [1.807, 2.05) is 20.8 Å².